The van der Waals surface area contributed by atoms with Gasteiger partial charge in [0.1, 0.15) is 0 Å². The minimum absolute atomic E-state index is 0.639. The Balaban J connectivity index is 1.46. The van der Waals surface area contributed by atoms with E-state index < -0.39 is 0 Å². The molecule has 0 fully saturated rings. The van der Waals surface area contributed by atoms with Gasteiger partial charge in [-0.05, 0) is 23.8 Å². The maximum atomic E-state index is 5.95. The van der Waals surface area contributed by atoms with Crippen molar-refractivity contribution in [2.24, 2.45) is 0 Å². The summed E-state index contributed by atoms with van der Waals surface area (Å²) in [5, 5.41) is 22.2. The molecule has 2 aromatic carbocycles. The van der Waals surface area contributed by atoms with E-state index in [9.17, 15) is 0 Å². The van der Waals surface area contributed by atoms with E-state index in [4.69, 9.17) is 11.6 Å². The molecule has 0 atom stereocenters. The number of aromatic nitrogens is 6. The molecular formula is C19H13ClN6S. The second kappa shape index (κ2) is 6.61. The van der Waals surface area contributed by atoms with E-state index in [0.717, 1.165) is 43.3 Å². The van der Waals surface area contributed by atoms with E-state index in [1.807, 2.05) is 60.7 Å². The smallest absolute Gasteiger partial charge is 0.235 e. The molecule has 0 saturated carbocycles. The maximum absolute atomic E-state index is 5.95. The fourth-order valence-corrected chi connectivity index (χ4v) is 3.80. The van der Waals surface area contributed by atoms with Gasteiger partial charge in [0.25, 0.3) is 0 Å². The van der Waals surface area contributed by atoms with E-state index >= 15 is 0 Å². The molecule has 6 nitrogen and oxygen atoms in total. The summed E-state index contributed by atoms with van der Waals surface area (Å²) in [6.07, 6.45) is 0.639. The van der Waals surface area contributed by atoms with Crippen LogP contribution < -0.4 is 0 Å². The molecule has 132 valence electrons. The Kier molecular flexibility index (Phi) is 3.95. The molecule has 0 aliphatic carbocycles. The molecule has 0 spiro atoms. The van der Waals surface area contributed by atoms with Crippen molar-refractivity contribution in [3.05, 3.63) is 77.1 Å². The molecule has 0 radical (unpaired) electrons. The molecule has 0 saturated heterocycles. The monoisotopic (exact) mass is 392 g/mol. The zero-order chi connectivity index (χ0) is 18.2. The first kappa shape index (κ1) is 16.2. The average Bonchev–Trinajstić information content (AvgIpc) is 3.41. The zero-order valence-corrected chi connectivity index (χ0v) is 15.6. The van der Waals surface area contributed by atoms with Crippen LogP contribution in [0.25, 0.3) is 26.9 Å². The van der Waals surface area contributed by atoms with Gasteiger partial charge in [0.2, 0.25) is 4.96 Å². The highest BCUT2D eigenvalue weighted by atomic mass is 35.5. The normalized spacial score (nSPS) is 11.3. The van der Waals surface area contributed by atoms with Gasteiger partial charge in [0.05, 0.1) is 11.4 Å². The summed E-state index contributed by atoms with van der Waals surface area (Å²) in [7, 11) is 0. The van der Waals surface area contributed by atoms with Crippen molar-refractivity contribution in [2.75, 3.05) is 0 Å². The van der Waals surface area contributed by atoms with Crippen LogP contribution in [0.1, 0.15) is 11.4 Å². The number of halogens is 1. The summed E-state index contributed by atoms with van der Waals surface area (Å²) in [5.41, 5.74) is 3.92. The Bertz CT molecular complexity index is 1210. The van der Waals surface area contributed by atoms with Gasteiger partial charge in [-0.3, -0.25) is 5.10 Å². The van der Waals surface area contributed by atoms with Gasteiger partial charge in [-0.1, -0.05) is 65.4 Å². The van der Waals surface area contributed by atoms with Gasteiger partial charge in [-0.25, -0.2) is 0 Å². The summed E-state index contributed by atoms with van der Waals surface area (Å²) in [6, 6.07) is 19.8. The number of benzene rings is 2. The van der Waals surface area contributed by atoms with E-state index in [2.05, 4.69) is 25.5 Å². The Morgan fingerprint density at radius 2 is 1.81 bits per heavy atom. The van der Waals surface area contributed by atoms with Crippen molar-refractivity contribution in [3.63, 3.8) is 0 Å². The molecule has 5 aromatic rings. The molecule has 5 rings (SSSR count). The lowest BCUT2D eigenvalue weighted by Gasteiger charge is -1.98. The molecule has 0 unspecified atom stereocenters. The van der Waals surface area contributed by atoms with Gasteiger partial charge in [-0.2, -0.15) is 14.7 Å². The van der Waals surface area contributed by atoms with E-state index in [1.54, 1.807) is 4.52 Å². The Morgan fingerprint density at radius 3 is 2.63 bits per heavy atom. The molecule has 1 N–H and O–H groups in total. The van der Waals surface area contributed by atoms with Crippen molar-refractivity contribution in [1.29, 1.82) is 0 Å². The minimum atomic E-state index is 0.639. The van der Waals surface area contributed by atoms with Crippen LogP contribution in [0.2, 0.25) is 5.02 Å². The third-order valence-electron chi connectivity index (χ3n) is 4.21. The highest BCUT2D eigenvalue weighted by Crippen LogP contribution is 2.27. The third-order valence-corrected chi connectivity index (χ3v) is 5.39. The SMILES string of the molecule is Clc1ccc(Cc2nnc3sc(-c4cc(-c5ccccc5)n[nH]4)nn23)cc1. The van der Waals surface area contributed by atoms with Crippen molar-refractivity contribution < 1.29 is 0 Å². The van der Waals surface area contributed by atoms with Crippen molar-refractivity contribution in [1.82, 2.24) is 30.0 Å². The van der Waals surface area contributed by atoms with Gasteiger partial charge in [0.15, 0.2) is 10.8 Å². The molecule has 0 bridgehead atoms. The predicted molar refractivity (Wildman–Crippen MR) is 106 cm³/mol. The fraction of sp³-hybridized carbons (Fsp3) is 0.0526. The largest absolute Gasteiger partial charge is 0.275 e. The number of nitrogens with one attached hydrogen (secondary N) is 1. The first-order valence-corrected chi connectivity index (χ1v) is 9.52. The molecular weight excluding hydrogens is 380 g/mol. The van der Waals surface area contributed by atoms with Crippen LogP contribution in [-0.2, 0) is 6.42 Å². The number of fused-ring (bicyclic) bond motifs is 1. The fourth-order valence-electron chi connectivity index (χ4n) is 2.85. The van der Waals surface area contributed by atoms with Gasteiger partial charge < -0.3 is 0 Å². The van der Waals surface area contributed by atoms with Gasteiger partial charge in [0, 0.05) is 17.0 Å². The summed E-state index contributed by atoms with van der Waals surface area (Å²) >= 11 is 7.43. The highest BCUT2D eigenvalue weighted by molar-refractivity contribution is 7.19. The second-order valence-corrected chi connectivity index (χ2v) is 7.45. The lowest BCUT2D eigenvalue weighted by molar-refractivity contribution is 0.853. The number of rotatable bonds is 4. The van der Waals surface area contributed by atoms with Crippen molar-refractivity contribution in [3.8, 4) is 22.0 Å². The Morgan fingerprint density at radius 1 is 1.00 bits per heavy atom. The van der Waals surface area contributed by atoms with E-state index in [1.165, 1.54) is 11.3 Å². The van der Waals surface area contributed by atoms with Crippen LogP contribution >= 0.6 is 22.9 Å². The van der Waals surface area contributed by atoms with Gasteiger partial charge >= 0.3 is 0 Å². The maximum Gasteiger partial charge on any atom is 0.235 e. The van der Waals surface area contributed by atoms with Crippen LogP contribution in [0.15, 0.2) is 60.7 Å². The van der Waals surface area contributed by atoms with E-state index in [0.29, 0.717) is 6.42 Å². The second-order valence-electron chi connectivity index (χ2n) is 6.05. The predicted octanol–water partition coefficient (Wildman–Crippen LogP) is 4.49. The molecule has 0 aliphatic rings. The standard InChI is InChI=1S/C19H13ClN6S/c20-14-8-6-12(7-9-14)10-17-23-24-19-26(17)25-18(27-19)16-11-15(21-22-16)13-4-2-1-3-5-13/h1-9,11H,10H2,(H,21,22). The first-order valence-electron chi connectivity index (χ1n) is 8.33. The summed E-state index contributed by atoms with van der Waals surface area (Å²) < 4.78 is 1.79. The van der Waals surface area contributed by atoms with Crippen LogP contribution in [0.4, 0.5) is 0 Å². The highest BCUT2D eigenvalue weighted by Gasteiger charge is 2.15. The number of nitrogens with zero attached hydrogens (tertiary/aromatic N) is 5. The Hall–Kier alpha value is -3.03. The Labute approximate surface area is 163 Å². The summed E-state index contributed by atoms with van der Waals surface area (Å²) in [6.45, 7) is 0. The lowest BCUT2D eigenvalue weighted by atomic mass is 10.1. The summed E-state index contributed by atoms with van der Waals surface area (Å²) in [5.74, 6) is 0.789. The van der Waals surface area contributed by atoms with Crippen LogP contribution in [0, 0.1) is 0 Å². The quantitative estimate of drug-likeness (QED) is 0.489. The first-order chi connectivity index (χ1) is 13.3. The van der Waals surface area contributed by atoms with E-state index in [-0.39, 0.29) is 0 Å². The van der Waals surface area contributed by atoms with Crippen molar-refractivity contribution in [2.45, 2.75) is 6.42 Å². The number of hydrogen-bond donors (Lipinski definition) is 1. The van der Waals surface area contributed by atoms with Crippen molar-refractivity contribution >= 4 is 27.9 Å². The molecule has 27 heavy (non-hydrogen) atoms. The molecule has 8 heteroatoms. The topological polar surface area (TPSA) is 71.8 Å². The average molecular weight is 393 g/mol. The number of hydrogen-bond acceptors (Lipinski definition) is 5. The minimum Gasteiger partial charge on any atom is -0.275 e. The zero-order valence-electron chi connectivity index (χ0n) is 14.0. The molecule has 3 heterocycles. The molecule has 3 aromatic heterocycles. The number of H-pyrrole nitrogens is 1. The molecule has 0 amide bonds. The third kappa shape index (κ3) is 3.11. The van der Waals surface area contributed by atoms with Gasteiger partial charge in [-0.15, -0.1) is 10.2 Å². The van der Waals surface area contributed by atoms with Crippen LogP contribution in [0.3, 0.4) is 0 Å². The molecule has 0 aliphatic heterocycles. The lowest BCUT2D eigenvalue weighted by Crippen LogP contribution is -1.97. The number of aromatic amines is 1. The van der Waals surface area contributed by atoms with Crippen LogP contribution in [-0.4, -0.2) is 30.0 Å². The summed E-state index contributed by atoms with van der Waals surface area (Å²) in [4.78, 5) is 0.754. The van der Waals surface area contributed by atoms with Crippen LogP contribution in [0.5, 0.6) is 0 Å².